The minimum Gasteiger partial charge on any atom is -0.347 e. The molecule has 0 bridgehead atoms. The van der Waals surface area contributed by atoms with Crippen molar-refractivity contribution in [2.45, 2.75) is 89.9 Å². The zero-order chi connectivity index (χ0) is 21.6. The quantitative estimate of drug-likeness (QED) is 0.554. The van der Waals surface area contributed by atoms with Crippen molar-refractivity contribution < 1.29 is 19.2 Å². The van der Waals surface area contributed by atoms with Gasteiger partial charge in [-0.05, 0) is 49.9 Å². The van der Waals surface area contributed by atoms with Gasteiger partial charge >= 0.3 is 0 Å². The predicted octanol–water partition coefficient (Wildman–Crippen LogP) is 0.483. The van der Waals surface area contributed by atoms with Crippen LogP contribution in [0.3, 0.4) is 0 Å². The van der Waals surface area contributed by atoms with E-state index in [0.29, 0.717) is 32.2 Å². The number of amides is 3. The van der Waals surface area contributed by atoms with Gasteiger partial charge in [0.25, 0.3) is 5.91 Å². The van der Waals surface area contributed by atoms with E-state index in [-0.39, 0.29) is 23.8 Å². The highest BCUT2D eigenvalue weighted by Gasteiger charge is 2.53. The highest BCUT2D eigenvalue weighted by molar-refractivity contribution is 6.40. The van der Waals surface area contributed by atoms with Crippen molar-refractivity contribution in [2.75, 3.05) is 6.54 Å². The van der Waals surface area contributed by atoms with Gasteiger partial charge in [0.05, 0.1) is 6.04 Å². The molecule has 1 saturated heterocycles. The van der Waals surface area contributed by atoms with E-state index in [1.165, 1.54) is 4.90 Å². The highest BCUT2D eigenvalue weighted by Crippen LogP contribution is 2.39. The lowest BCUT2D eigenvalue weighted by Crippen LogP contribution is -2.67. The number of rotatable bonds is 6. The van der Waals surface area contributed by atoms with E-state index in [0.717, 1.165) is 12.8 Å². The van der Waals surface area contributed by atoms with Crippen molar-refractivity contribution in [2.24, 2.45) is 17.1 Å². The summed E-state index contributed by atoms with van der Waals surface area (Å²) in [7, 11) is 0. The van der Waals surface area contributed by atoms with Gasteiger partial charge in [-0.3, -0.25) is 19.2 Å². The second kappa shape index (κ2) is 7.70. The minimum absolute atomic E-state index is 0.0820. The first-order valence-corrected chi connectivity index (χ1v) is 10.7. The Balaban J connectivity index is 1.70. The number of hydrogen-bond donors (Lipinski definition) is 3. The maximum absolute atomic E-state index is 13.1. The zero-order valence-electron chi connectivity index (χ0n) is 17.9. The molecule has 1 aliphatic heterocycles. The summed E-state index contributed by atoms with van der Waals surface area (Å²) in [6.07, 6.45) is 3.91. The fourth-order valence-corrected chi connectivity index (χ4v) is 4.34. The van der Waals surface area contributed by atoms with E-state index in [1.807, 2.05) is 27.7 Å². The lowest BCUT2D eigenvalue weighted by Gasteiger charge is -2.45. The molecule has 4 N–H and O–H groups in total. The van der Waals surface area contributed by atoms with E-state index in [2.05, 4.69) is 10.6 Å². The number of likely N-dealkylation sites (tertiary alicyclic amines) is 1. The summed E-state index contributed by atoms with van der Waals surface area (Å²) >= 11 is 0. The molecule has 0 aromatic heterocycles. The third kappa shape index (κ3) is 4.47. The molecule has 0 spiro atoms. The van der Waals surface area contributed by atoms with Gasteiger partial charge in [0.2, 0.25) is 17.6 Å². The number of Topliss-reactive ketones (excluding diaryl/α,β-unsaturated/α-hetero) is 1. The van der Waals surface area contributed by atoms with Gasteiger partial charge < -0.3 is 21.3 Å². The third-order valence-corrected chi connectivity index (χ3v) is 6.35. The van der Waals surface area contributed by atoms with Gasteiger partial charge in [-0.1, -0.05) is 27.7 Å². The first kappa shape index (κ1) is 21.7. The molecule has 1 heterocycles. The van der Waals surface area contributed by atoms with Crippen LogP contribution in [0.1, 0.15) is 66.2 Å². The number of hydrogen-bond acceptors (Lipinski definition) is 5. The highest BCUT2D eigenvalue weighted by atomic mass is 16.2. The summed E-state index contributed by atoms with van der Waals surface area (Å²) in [5.74, 6) is -1.55. The molecule has 3 amide bonds. The Hall–Kier alpha value is -1.96. The Bertz CT molecular complexity index is 704. The van der Waals surface area contributed by atoms with Crippen molar-refractivity contribution in [3.8, 4) is 0 Å². The Kier molecular flexibility index (Phi) is 5.77. The number of nitrogens with two attached hydrogens (primary N) is 1. The maximum Gasteiger partial charge on any atom is 0.290 e. The molecule has 0 aromatic carbocycles. The molecular weight excluding hydrogens is 372 g/mol. The number of nitrogens with zero attached hydrogens (tertiary/aromatic N) is 1. The van der Waals surface area contributed by atoms with Crippen molar-refractivity contribution in [3.63, 3.8) is 0 Å². The SMILES string of the molecule is CC1CC(NC(=O)[C@@H]2CCCN2C(=O)[C@@H](N)C(C)(C)C)(C(=O)C(=O)NC2CC2)C1. The first-order valence-electron chi connectivity index (χ1n) is 10.7. The number of carbonyl (C=O) groups excluding carboxylic acids is 4. The average Bonchev–Trinajstić information content (AvgIpc) is 3.28. The molecule has 2 aliphatic carbocycles. The molecule has 3 rings (SSSR count). The normalized spacial score (nSPS) is 30.3. The topological polar surface area (TPSA) is 122 Å². The minimum atomic E-state index is -1.15. The summed E-state index contributed by atoms with van der Waals surface area (Å²) in [6, 6.07) is -1.28. The second-order valence-electron chi connectivity index (χ2n) is 10.2. The number of carbonyl (C=O) groups is 4. The standard InChI is InChI=1S/C21H34N4O4/c1-12-10-21(11-12,16(26)18(28)23-13-7-8-13)24-17(27)14-6-5-9-25(14)19(29)15(22)20(2,3)4/h12-15H,5-11,22H2,1-4H3,(H,23,28)(H,24,27)/t12?,14-,15+,21?/m0/s1. The Morgan fingerprint density at radius 3 is 2.24 bits per heavy atom. The Morgan fingerprint density at radius 1 is 1.10 bits per heavy atom. The smallest absolute Gasteiger partial charge is 0.290 e. The van der Waals surface area contributed by atoms with Crippen LogP contribution in [0.4, 0.5) is 0 Å². The monoisotopic (exact) mass is 406 g/mol. The molecule has 0 unspecified atom stereocenters. The lowest BCUT2D eigenvalue weighted by atomic mass is 9.66. The van der Waals surface area contributed by atoms with Crippen LogP contribution < -0.4 is 16.4 Å². The zero-order valence-corrected chi connectivity index (χ0v) is 17.9. The summed E-state index contributed by atoms with van der Waals surface area (Å²) in [5, 5.41) is 5.58. The van der Waals surface area contributed by atoms with Gasteiger partial charge in [-0.15, -0.1) is 0 Å². The molecular formula is C21H34N4O4. The number of ketones is 1. The maximum atomic E-state index is 13.1. The molecule has 2 atom stereocenters. The van der Waals surface area contributed by atoms with E-state index in [9.17, 15) is 19.2 Å². The fraction of sp³-hybridized carbons (Fsp3) is 0.810. The molecule has 29 heavy (non-hydrogen) atoms. The van der Waals surface area contributed by atoms with Crippen molar-refractivity contribution >= 4 is 23.5 Å². The van der Waals surface area contributed by atoms with E-state index in [4.69, 9.17) is 5.73 Å². The van der Waals surface area contributed by atoms with Gasteiger partial charge in [0.1, 0.15) is 11.6 Å². The lowest BCUT2D eigenvalue weighted by molar-refractivity contribution is -0.149. The molecule has 2 saturated carbocycles. The van der Waals surface area contributed by atoms with Crippen LogP contribution in [0.5, 0.6) is 0 Å². The van der Waals surface area contributed by atoms with Gasteiger partial charge in [0, 0.05) is 12.6 Å². The molecule has 0 radical (unpaired) electrons. The molecule has 3 aliphatic rings. The van der Waals surface area contributed by atoms with Crippen LogP contribution in [0.15, 0.2) is 0 Å². The van der Waals surface area contributed by atoms with Crippen molar-refractivity contribution in [3.05, 3.63) is 0 Å². The molecule has 8 heteroatoms. The van der Waals surface area contributed by atoms with E-state index in [1.54, 1.807) is 0 Å². The Morgan fingerprint density at radius 2 is 1.72 bits per heavy atom. The number of nitrogens with one attached hydrogen (secondary N) is 2. The second-order valence-corrected chi connectivity index (χ2v) is 10.2. The molecule has 0 aromatic rings. The molecule has 8 nitrogen and oxygen atoms in total. The molecule has 162 valence electrons. The van der Waals surface area contributed by atoms with E-state index < -0.39 is 34.7 Å². The van der Waals surface area contributed by atoms with Crippen LogP contribution in [-0.4, -0.2) is 58.6 Å². The van der Waals surface area contributed by atoms with Crippen molar-refractivity contribution in [1.82, 2.24) is 15.5 Å². The summed E-state index contributed by atoms with van der Waals surface area (Å²) in [6.45, 7) is 8.14. The van der Waals surface area contributed by atoms with Crippen LogP contribution in [0.25, 0.3) is 0 Å². The summed E-state index contributed by atoms with van der Waals surface area (Å²) in [4.78, 5) is 52.6. The predicted molar refractivity (Wildman–Crippen MR) is 108 cm³/mol. The summed E-state index contributed by atoms with van der Waals surface area (Å²) in [5.41, 5.74) is 4.56. The first-order chi connectivity index (χ1) is 13.4. The Labute approximate surface area is 172 Å². The third-order valence-electron chi connectivity index (χ3n) is 6.35. The van der Waals surface area contributed by atoms with Gasteiger partial charge in [0.15, 0.2) is 0 Å². The van der Waals surface area contributed by atoms with Gasteiger partial charge in [-0.25, -0.2) is 0 Å². The van der Waals surface area contributed by atoms with Crippen LogP contribution in [-0.2, 0) is 19.2 Å². The summed E-state index contributed by atoms with van der Waals surface area (Å²) < 4.78 is 0. The van der Waals surface area contributed by atoms with Crippen LogP contribution in [0, 0.1) is 11.3 Å². The van der Waals surface area contributed by atoms with Gasteiger partial charge in [-0.2, -0.15) is 0 Å². The largest absolute Gasteiger partial charge is 0.347 e. The fourth-order valence-electron chi connectivity index (χ4n) is 4.34. The van der Waals surface area contributed by atoms with Crippen LogP contribution >= 0.6 is 0 Å². The van der Waals surface area contributed by atoms with E-state index >= 15 is 0 Å². The molecule has 3 fully saturated rings. The van der Waals surface area contributed by atoms with Crippen LogP contribution in [0.2, 0.25) is 0 Å². The van der Waals surface area contributed by atoms with Crippen molar-refractivity contribution in [1.29, 1.82) is 0 Å². The average molecular weight is 407 g/mol.